The first-order valence-corrected chi connectivity index (χ1v) is 8.37. The van der Waals surface area contributed by atoms with Crippen LogP contribution in [0.3, 0.4) is 0 Å². The van der Waals surface area contributed by atoms with Crippen LogP contribution >= 0.6 is 0 Å². The molecule has 0 saturated carbocycles. The van der Waals surface area contributed by atoms with Gasteiger partial charge < -0.3 is 10.5 Å². The van der Waals surface area contributed by atoms with Crippen LogP contribution in [0.5, 0.6) is 0 Å². The van der Waals surface area contributed by atoms with Crippen LogP contribution in [0.1, 0.15) is 60.3 Å². The summed E-state index contributed by atoms with van der Waals surface area (Å²) in [4.78, 5) is 2.69. The Balaban J connectivity index is 2.03. The van der Waals surface area contributed by atoms with E-state index in [1.54, 1.807) is 0 Å². The molecule has 20 heavy (non-hydrogen) atoms. The van der Waals surface area contributed by atoms with Crippen molar-refractivity contribution in [3.8, 4) is 0 Å². The fraction of sp³-hybridized carbons (Fsp3) is 1.00. The maximum atomic E-state index is 6.22. The van der Waals surface area contributed by atoms with Gasteiger partial charge in [-0.25, -0.2) is 0 Å². The predicted molar refractivity (Wildman–Crippen MR) is 84.8 cm³/mol. The number of rotatable bonds is 2. The molecule has 2 aliphatic rings. The Hall–Kier alpha value is -0.120. The number of ether oxygens (including phenoxy) is 1. The van der Waals surface area contributed by atoms with E-state index in [-0.39, 0.29) is 5.54 Å². The lowest BCUT2D eigenvalue weighted by Crippen LogP contribution is -2.61. The molecule has 0 aromatic carbocycles. The fourth-order valence-corrected chi connectivity index (χ4v) is 4.42. The molecular weight excluding hydrogens is 248 g/mol. The van der Waals surface area contributed by atoms with Gasteiger partial charge in [0.2, 0.25) is 0 Å². The van der Waals surface area contributed by atoms with Crippen LogP contribution in [-0.2, 0) is 4.74 Å². The summed E-state index contributed by atoms with van der Waals surface area (Å²) in [5.74, 6) is 0.850. The van der Waals surface area contributed by atoms with Crippen LogP contribution in [0.25, 0.3) is 0 Å². The van der Waals surface area contributed by atoms with Crippen molar-refractivity contribution < 1.29 is 4.74 Å². The van der Waals surface area contributed by atoms with Crippen molar-refractivity contribution in [2.45, 2.75) is 78.0 Å². The van der Waals surface area contributed by atoms with E-state index in [2.05, 4.69) is 39.5 Å². The number of nitrogens with two attached hydrogens (primary N) is 1. The van der Waals surface area contributed by atoms with Crippen LogP contribution in [0, 0.1) is 11.3 Å². The zero-order valence-corrected chi connectivity index (χ0v) is 14.1. The molecule has 2 unspecified atom stereocenters. The minimum Gasteiger partial charge on any atom is -0.375 e. The molecule has 2 heterocycles. The number of likely N-dealkylation sites (tertiary alicyclic amines) is 1. The first kappa shape index (κ1) is 16.3. The molecule has 3 heteroatoms. The zero-order valence-electron chi connectivity index (χ0n) is 14.1. The first-order valence-electron chi connectivity index (χ1n) is 8.37. The van der Waals surface area contributed by atoms with Crippen molar-refractivity contribution in [3.05, 3.63) is 0 Å². The van der Waals surface area contributed by atoms with Crippen LogP contribution in [0.2, 0.25) is 0 Å². The molecule has 2 aliphatic heterocycles. The maximum Gasteiger partial charge on any atom is 0.0568 e. The average molecular weight is 282 g/mol. The van der Waals surface area contributed by atoms with Gasteiger partial charge in [0.15, 0.2) is 0 Å². The standard InChI is InChI=1S/C17H34N2O/c1-13-10-17(12-18,11-14(2)20-13)19-8-6-15(7-9-19)16(3,4)5/h13-15H,6-12,18H2,1-5H3. The van der Waals surface area contributed by atoms with Crippen LogP contribution in [-0.4, -0.2) is 42.3 Å². The van der Waals surface area contributed by atoms with Gasteiger partial charge in [-0.1, -0.05) is 20.8 Å². The van der Waals surface area contributed by atoms with Gasteiger partial charge in [0.25, 0.3) is 0 Å². The molecule has 2 N–H and O–H groups in total. The second-order valence-corrected chi connectivity index (χ2v) is 8.22. The normalized spacial score (nSPS) is 38.1. The Kier molecular flexibility index (Phi) is 4.83. The Morgan fingerprint density at radius 3 is 2.00 bits per heavy atom. The van der Waals surface area contributed by atoms with E-state index in [0.717, 1.165) is 25.3 Å². The van der Waals surface area contributed by atoms with Crippen molar-refractivity contribution in [1.29, 1.82) is 0 Å². The van der Waals surface area contributed by atoms with E-state index in [1.165, 1.54) is 25.9 Å². The van der Waals surface area contributed by atoms with Gasteiger partial charge >= 0.3 is 0 Å². The summed E-state index contributed by atoms with van der Waals surface area (Å²) in [5.41, 5.74) is 6.84. The Morgan fingerprint density at radius 1 is 1.10 bits per heavy atom. The highest BCUT2D eigenvalue weighted by atomic mass is 16.5. The largest absolute Gasteiger partial charge is 0.375 e. The van der Waals surface area contributed by atoms with Crippen LogP contribution < -0.4 is 5.73 Å². The maximum absolute atomic E-state index is 6.22. The van der Waals surface area contributed by atoms with Crippen molar-refractivity contribution in [2.75, 3.05) is 19.6 Å². The van der Waals surface area contributed by atoms with Gasteiger partial charge in [-0.2, -0.15) is 0 Å². The molecule has 3 nitrogen and oxygen atoms in total. The quantitative estimate of drug-likeness (QED) is 0.846. The predicted octanol–water partition coefficient (Wildman–Crippen LogP) is 3.03. The second kappa shape index (κ2) is 5.94. The molecule has 118 valence electrons. The smallest absolute Gasteiger partial charge is 0.0568 e. The molecule has 0 aliphatic carbocycles. The summed E-state index contributed by atoms with van der Waals surface area (Å²) in [6.07, 6.45) is 5.48. The third-order valence-electron chi connectivity index (χ3n) is 5.57. The molecule has 0 bridgehead atoms. The van der Waals surface area contributed by atoms with E-state index in [0.29, 0.717) is 17.6 Å². The van der Waals surface area contributed by atoms with Gasteiger partial charge in [0.1, 0.15) is 0 Å². The lowest BCUT2D eigenvalue weighted by molar-refractivity contribution is -0.111. The summed E-state index contributed by atoms with van der Waals surface area (Å²) in [6, 6.07) is 0. The fourth-order valence-electron chi connectivity index (χ4n) is 4.42. The topological polar surface area (TPSA) is 38.5 Å². The van der Waals surface area contributed by atoms with E-state index in [9.17, 15) is 0 Å². The van der Waals surface area contributed by atoms with Crippen LogP contribution in [0.4, 0.5) is 0 Å². The lowest BCUT2D eigenvalue weighted by atomic mass is 9.73. The second-order valence-electron chi connectivity index (χ2n) is 8.22. The van der Waals surface area contributed by atoms with Crippen molar-refractivity contribution in [3.63, 3.8) is 0 Å². The van der Waals surface area contributed by atoms with Crippen molar-refractivity contribution >= 4 is 0 Å². The lowest BCUT2D eigenvalue weighted by Gasteiger charge is -2.52. The molecule has 2 atom stereocenters. The van der Waals surface area contributed by atoms with E-state index >= 15 is 0 Å². The molecule has 2 fully saturated rings. The number of piperidine rings is 1. The number of hydrogen-bond donors (Lipinski definition) is 1. The number of hydrogen-bond acceptors (Lipinski definition) is 3. The van der Waals surface area contributed by atoms with Gasteiger partial charge in [-0.3, -0.25) is 4.90 Å². The van der Waals surface area contributed by atoms with Gasteiger partial charge in [0.05, 0.1) is 12.2 Å². The molecule has 0 aromatic rings. The highest BCUT2D eigenvalue weighted by Crippen LogP contribution is 2.40. The van der Waals surface area contributed by atoms with Gasteiger partial charge in [-0.15, -0.1) is 0 Å². The Labute approximate surface area is 125 Å². The Morgan fingerprint density at radius 2 is 1.60 bits per heavy atom. The third-order valence-corrected chi connectivity index (χ3v) is 5.57. The van der Waals surface area contributed by atoms with Gasteiger partial charge in [0, 0.05) is 12.1 Å². The third kappa shape index (κ3) is 3.37. The number of nitrogens with zero attached hydrogens (tertiary/aromatic N) is 1. The SMILES string of the molecule is CC1CC(CN)(N2CCC(C(C)(C)C)CC2)CC(C)O1. The first-order chi connectivity index (χ1) is 9.27. The Bertz CT molecular complexity index is 305. The monoisotopic (exact) mass is 282 g/mol. The van der Waals surface area contributed by atoms with Crippen molar-refractivity contribution in [1.82, 2.24) is 4.90 Å². The molecule has 0 radical (unpaired) electrons. The molecule has 2 saturated heterocycles. The van der Waals surface area contributed by atoms with Crippen LogP contribution in [0.15, 0.2) is 0 Å². The zero-order chi connectivity index (χ0) is 15.0. The molecule has 0 amide bonds. The van der Waals surface area contributed by atoms with Gasteiger partial charge in [-0.05, 0) is 64.0 Å². The molecule has 0 aromatic heterocycles. The summed E-state index contributed by atoms with van der Waals surface area (Å²) in [7, 11) is 0. The minimum atomic E-state index is 0.180. The summed E-state index contributed by atoms with van der Waals surface area (Å²) in [6.45, 7) is 14.7. The highest BCUT2D eigenvalue weighted by Gasteiger charge is 2.44. The van der Waals surface area contributed by atoms with E-state index < -0.39 is 0 Å². The van der Waals surface area contributed by atoms with E-state index in [4.69, 9.17) is 10.5 Å². The summed E-state index contributed by atoms with van der Waals surface area (Å²) in [5, 5.41) is 0. The summed E-state index contributed by atoms with van der Waals surface area (Å²) >= 11 is 0. The van der Waals surface area contributed by atoms with E-state index in [1.807, 2.05) is 0 Å². The van der Waals surface area contributed by atoms with Crippen molar-refractivity contribution in [2.24, 2.45) is 17.1 Å². The average Bonchev–Trinajstić information content (AvgIpc) is 2.36. The minimum absolute atomic E-state index is 0.180. The summed E-state index contributed by atoms with van der Waals surface area (Å²) < 4.78 is 5.93. The molecule has 0 spiro atoms. The molecule has 2 rings (SSSR count). The highest BCUT2D eigenvalue weighted by molar-refractivity contribution is 4.99. The molecular formula is C17H34N2O.